The van der Waals surface area contributed by atoms with Crippen LogP contribution in [0, 0.1) is 0 Å². The Morgan fingerprint density at radius 3 is 2.38 bits per heavy atom. The number of rotatable bonds is 7. The number of hydrogen-bond donors (Lipinski definition) is 1. The van der Waals surface area contributed by atoms with Crippen molar-refractivity contribution >= 4 is 23.4 Å². The van der Waals surface area contributed by atoms with E-state index in [9.17, 15) is 0 Å². The molecule has 1 nitrogen and oxygen atoms in total. The Kier molecular flexibility index (Phi) is 6.62. The molecule has 1 N–H and O–H groups in total. The Morgan fingerprint density at radius 1 is 1.05 bits per heavy atom. The molecule has 2 aromatic rings. The van der Waals surface area contributed by atoms with E-state index in [4.69, 9.17) is 11.6 Å². The topological polar surface area (TPSA) is 12.0 Å². The van der Waals surface area contributed by atoms with Crippen LogP contribution in [0.3, 0.4) is 0 Å². The zero-order chi connectivity index (χ0) is 15.1. The van der Waals surface area contributed by atoms with E-state index >= 15 is 0 Å². The summed E-state index contributed by atoms with van der Waals surface area (Å²) in [7, 11) is 0. The molecule has 0 saturated carbocycles. The van der Waals surface area contributed by atoms with Gasteiger partial charge in [0.1, 0.15) is 0 Å². The fraction of sp³-hybridized carbons (Fsp3) is 0.333. The van der Waals surface area contributed by atoms with Crippen molar-refractivity contribution in [3.63, 3.8) is 0 Å². The molecule has 0 amide bonds. The SMILES string of the molecule is CCNC(CSc1ccccc1Cl)c1ccc(CC)cc1. The monoisotopic (exact) mass is 319 g/mol. The van der Waals surface area contributed by atoms with Crippen molar-refractivity contribution in [2.45, 2.75) is 31.2 Å². The minimum Gasteiger partial charge on any atom is -0.309 e. The van der Waals surface area contributed by atoms with Crippen molar-refractivity contribution in [3.05, 3.63) is 64.7 Å². The standard InChI is InChI=1S/C18H22ClNS/c1-3-14-9-11-15(12-10-14)17(20-4-2)13-21-18-8-6-5-7-16(18)19/h5-12,17,20H,3-4,13H2,1-2H3. The number of aryl methyl sites for hydroxylation is 1. The fourth-order valence-corrected chi connectivity index (χ4v) is 3.58. The van der Waals surface area contributed by atoms with E-state index in [1.54, 1.807) is 11.8 Å². The van der Waals surface area contributed by atoms with Crippen LogP contribution >= 0.6 is 23.4 Å². The summed E-state index contributed by atoms with van der Waals surface area (Å²) < 4.78 is 0. The molecule has 0 radical (unpaired) electrons. The Labute approximate surface area is 137 Å². The van der Waals surface area contributed by atoms with Gasteiger partial charge < -0.3 is 5.32 Å². The largest absolute Gasteiger partial charge is 0.309 e. The molecule has 0 heterocycles. The van der Waals surface area contributed by atoms with Gasteiger partial charge in [-0.1, -0.05) is 61.8 Å². The van der Waals surface area contributed by atoms with E-state index in [1.165, 1.54) is 11.1 Å². The van der Waals surface area contributed by atoms with E-state index < -0.39 is 0 Å². The smallest absolute Gasteiger partial charge is 0.0541 e. The van der Waals surface area contributed by atoms with E-state index in [1.807, 2.05) is 18.2 Å². The van der Waals surface area contributed by atoms with E-state index in [2.05, 4.69) is 49.5 Å². The van der Waals surface area contributed by atoms with E-state index in [-0.39, 0.29) is 0 Å². The van der Waals surface area contributed by atoms with Gasteiger partial charge in [0.2, 0.25) is 0 Å². The van der Waals surface area contributed by atoms with Crippen LogP contribution in [0.2, 0.25) is 5.02 Å². The van der Waals surface area contributed by atoms with Gasteiger partial charge in [0, 0.05) is 16.7 Å². The predicted octanol–water partition coefficient (Wildman–Crippen LogP) is 5.35. The van der Waals surface area contributed by atoms with Crippen molar-refractivity contribution in [1.82, 2.24) is 5.32 Å². The molecule has 0 bridgehead atoms. The van der Waals surface area contributed by atoms with Crippen molar-refractivity contribution < 1.29 is 0 Å². The summed E-state index contributed by atoms with van der Waals surface area (Å²) in [4.78, 5) is 1.15. The lowest BCUT2D eigenvalue weighted by atomic mass is 10.1. The number of benzene rings is 2. The lowest BCUT2D eigenvalue weighted by Gasteiger charge is -2.18. The molecule has 3 heteroatoms. The highest BCUT2D eigenvalue weighted by molar-refractivity contribution is 7.99. The predicted molar refractivity (Wildman–Crippen MR) is 94.4 cm³/mol. The van der Waals surface area contributed by atoms with Crippen LogP contribution in [0.25, 0.3) is 0 Å². The van der Waals surface area contributed by atoms with Gasteiger partial charge in [0.05, 0.1) is 5.02 Å². The summed E-state index contributed by atoms with van der Waals surface area (Å²) in [6.07, 6.45) is 1.08. The van der Waals surface area contributed by atoms with Gasteiger partial charge in [-0.15, -0.1) is 11.8 Å². The second-order valence-electron chi connectivity index (χ2n) is 4.95. The second kappa shape index (κ2) is 8.47. The van der Waals surface area contributed by atoms with Crippen LogP contribution in [0.4, 0.5) is 0 Å². The first-order valence-electron chi connectivity index (χ1n) is 7.44. The van der Waals surface area contributed by atoms with Gasteiger partial charge >= 0.3 is 0 Å². The molecular formula is C18H22ClNS. The second-order valence-corrected chi connectivity index (χ2v) is 6.42. The minimum absolute atomic E-state index is 0.349. The average molecular weight is 320 g/mol. The van der Waals surface area contributed by atoms with Crippen molar-refractivity contribution in [1.29, 1.82) is 0 Å². The van der Waals surface area contributed by atoms with Gasteiger partial charge in [0.15, 0.2) is 0 Å². The molecule has 0 spiro atoms. The summed E-state index contributed by atoms with van der Waals surface area (Å²) in [5.74, 6) is 0.975. The Hall–Kier alpha value is -0.960. The van der Waals surface area contributed by atoms with Crippen molar-refractivity contribution in [3.8, 4) is 0 Å². The zero-order valence-corrected chi connectivity index (χ0v) is 14.2. The normalized spacial score (nSPS) is 12.3. The van der Waals surface area contributed by atoms with E-state index in [0.29, 0.717) is 6.04 Å². The summed E-state index contributed by atoms with van der Waals surface area (Å²) in [5.41, 5.74) is 2.72. The summed E-state index contributed by atoms with van der Waals surface area (Å²) in [6.45, 7) is 5.29. The quantitative estimate of drug-likeness (QED) is 0.691. The van der Waals surface area contributed by atoms with Gasteiger partial charge in [0.25, 0.3) is 0 Å². The molecule has 2 rings (SSSR count). The maximum atomic E-state index is 6.23. The lowest BCUT2D eigenvalue weighted by Crippen LogP contribution is -2.22. The van der Waals surface area contributed by atoms with Crippen LogP contribution < -0.4 is 5.32 Å². The molecule has 112 valence electrons. The molecule has 0 aliphatic carbocycles. The number of nitrogens with one attached hydrogen (secondary N) is 1. The van der Waals surface area contributed by atoms with Gasteiger partial charge in [-0.3, -0.25) is 0 Å². The molecule has 2 aromatic carbocycles. The van der Waals surface area contributed by atoms with Gasteiger partial charge in [-0.25, -0.2) is 0 Å². The molecule has 0 saturated heterocycles. The highest BCUT2D eigenvalue weighted by Crippen LogP contribution is 2.30. The fourth-order valence-electron chi connectivity index (χ4n) is 2.24. The summed E-state index contributed by atoms with van der Waals surface area (Å²) in [5, 5.41) is 4.39. The van der Waals surface area contributed by atoms with Crippen LogP contribution in [0.1, 0.15) is 31.0 Å². The number of hydrogen-bond acceptors (Lipinski definition) is 2. The first kappa shape index (κ1) is 16.4. The third-order valence-electron chi connectivity index (χ3n) is 3.48. The van der Waals surface area contributed by atoms with E-state index in [0.717, 1.165) is 28.6 Å². The van der Waals surface area contributed by atoms with Crippen LogP contribution in [0.5, 0.6) is 0 Å². The number of thioether (sulfide) groups is 1. The summed E-state index contributed by atoms with van der Waals surface area (Å²) >= 11 is 8.03. The first-order valence-corrected chi connectivity index (χ1v) is 8.80. The molecule has 1 unspecified atom stereocenters. The first-order chi connectivity index (χ1) is 10.2. The highest BCUT2D eigenvalue weighted by Gasteiger charge is 2.11. The molecule has 0 fully saturated rings. The third kappa shape index (κ3) is 4.77. The molecule has 0 aromatic heterocycles. The molecule has 0 aliphatic heterocycles. The maximum Gasteiger partial charge on any atom is 0.0541 e. The van der Waals surface area contributed by atoms with Crippen LogP contribution in [-0.2, 0) is 6.42 Å². The summed E-state index contributed by atoms with van der Waals surface area (Å²) in [6, 6.07) is 17.3. The Balaban J connectivity index is 2.06. The maximum absolute atomic E-state index is 6.23. The molecular weight excluding hydrogens is 298 g/mol. The molecule has 21 heavy (non-hydrogen) atoms. The van der Waals surface area contributed by atoms with Gasteiger partial charge in [-0.05, 0) is 36.2 Å². The van der Waals surface area contributed by atoms with Gasteiger partial charge in [-0.2, -0.15) is 0 Å². The molecule has 0 aliphatic rings. The molecule has 1 atom stereocenters. The van der Waals surface area contributed by atoms with Crippen molar-refractivity contribution in [2.75, 3.05) is 12.3 Å². The Morgan fingerprint density at radius 2 is 1.76 bits per heavy atom. The Bertz CT molecular complexity index is 553. The highest BCUT2D eigenvalue weighted by atomic mass is 35.5. The lowest BCUT2D eigenvalue weighted by molar-refractivity contribution is 0.606. The zero-order valence-electron chi connectivity index (χ0n) is 12.6. The van der Waals surface area contributed by atoms with Crippen LogP contribution in [0.15, 0.2) is 53.4 Å². The minimum atomic E-state index is 0.349. The average Bonchev–Trinajstić information content (AvgIpc) is 2.53. The van der Waals surface area contributed by atoms with Crippen molar-refractivity contribution in [2.24, 2.45) is 0 Å². The van der Waals surface area contributed by atoms with Crippen LogP contribution in [-0.4, -0.2) is 12.3 Å². The third-order valence-corrected chi connectivity index (χ3v) is 5.09. The number of halogens is 1.